The molecule has 2 nitrogen and oxygen atoms in total. The van der Waals surface area contributed by atoms with E-state index in [1.165, 1.54) is 12.8 Å². The van der Waals surface area contributed by atoms with Gasteiger partial charge in [0.2, 0.25) is 0 Å². The molecule has 0 bridgehead atoms. The molecule has 0 aliphatic heterocycles. The Balaban J connectivity index is 4.30. The van der Waals surface area contributed by atoms with Gasteiger partial charge in [-0.1, -0.05) is 52.3 Å². The molecule has 0 saturated carbocycles. The number of esters is 1. The molecular formula is C19H34O2. The summed E-state index contributed by atoms with van der Waals surface area (Å²) in [5.74, 6) is 0.243. The third-order valence-corrected chi connectivity index (χ3v) is 3.79. The first kappa shape index (κ1) is 19.9. The Bertz CT molecular complexity index is 318. The molecule has 0 rings (SSSR count). The summed E-state index contributed by atoms with van der Waals surface area (Å²) < 4.78 is 5.62. The molecule has 0 saturated heterocycles. The molecule has 0 spiro atoms. The minimum absolute atomic E-state index is 0.0420. The van der Waals surface area contributed by atoms with Crippen LogP contribution < -0.4 is 0 Å². The standard InChI is InChI=1S/C19H34O2/c1-6-9-10-11-12-13-15-17(14-7-2)18(8-3)21-19(20)16(4)5/h9-10,17-18H,4,6-8,11-15H2,1-3,5H3/b10-9+. The first-order chi connectivity index (χ1) is 10.1. The van der Waals surface area contributed by atoms with E-state index in [-0.39, 0.29) is 12.1 Å². The molecule has 0 aliphatic carbocycles. The zero-order valence-electron chi connectivity index (χ0n) is 14.5. The number of carbonyl (C=O) groups is 1. The van der Waals surface area contributed by atoms with Crippen molar-refractivity contribution in [2.75, 3.05) is 0 Å². The van der Waals surface area contributed by atoms with Crippen molar-refractivity contribution in [1.82, 2.24) is 0 Å². The van der Waals surface area contributed by atoms with Crippen molar-refractivity contribution in [3.63, 3.8) is 0 Å². The molecule has 0 aromatic rings. The van der Waals surface area contributed by atoms with Crippen LogP contribution in [-0.2, 0) is 9.53 Å². The van der Waals surface area contributed by atoms with E-state index >= 15 is 0 Å². The van der Waals surface area contributed by atoms with E-state index in [1.54, 1.807) is 6.92 Å². The SMILES string of the molecule is C=C(C)C(=O)OC(CC)C(CCC)CCCC/C=C/CC. The highest BCUT2D eigenvalue weighted by Crippen LogP contribution is 2.24. The van der Waals surface area contributed by atoms with Crippen LogP contribution in [-0.4, -0.2) is 12.1 Å². The summed E-state index contributed by atoms with van der Waals surface area (Å²) in [6, 6.07) is 0. The van der Waals surface area contributed by atoms with E-state index in [9.17, 15) is 4.79 Å². The van der Waals surface area contributed by atoms with E-state index in [1.807, 2.05) is 0 Å². The van der Waals surface area contributed by atoms with Crippen molar-refractivity contribution in [3.8, 4) is 0 Å². The maximum atomic E-state index is 11.7. The highest BCUT2D eigenvalue weighted by Gasteiger charge is 2.22. The van der Waals surface area contributed by atoms with Crippen molar-refractivity contribution in [1.29, 1.82) is 0 Å². The van der Waals surface area contributed by atoms with E-state index < -0.39 is 0 Å². The lowest BCUT2D eigenvalue weighted by molar-refractivity contribution is -0.147. The predicted octanol–water partition coefficient (Wildman–Crippen LogP) is 5.83. The fourth-order valence-corrected chi connectivity index (χ4v) is 2.59. The van der Waals surface area contributed by atoms with Crippen LogP contribution >= 0.6 is 0 Å². The van der Waals surface area contributed by atoms with Crippen LogP contribution in [0, 0.1) is 5.92 Å². The smallest absolute Gasteiger partial charge is 0.333 e. The molecule has 0 aromatic heterocycles. The molecule has 2 heteroatoms. The quantitative estimate of drug-likeness (QED) is 0.196. The van der Waals surface area contributed by atoms with Gasteiger partial charge in [0.25, 0.3) is 0 Å². The maximum absolute atomic E-state index is 11.7. The normalized spacial score (nSPS) is 14.1. The molecule has 2 unspecified atom stereocenters. The Kier molecular flexibility index (Phi) is 12.0. The van der Waals surface area contributed by atoms with Gasteiger partial charge < -0.3 is 4.74 Å². The van der Waals surface area contributed by atoms with Crippen LogP contribution in [0.25, 0.3) is 0 Å². The van der Waals surface area contributed by atoms with E-state index in [0.717, 1.165) is 38.5 Å². The average molecular weight is 294 g/mol. The van der Waals surface area contributed by atoms with Gasteiger partial charge in [0.15, 0.2) is 0 Å². The fourth-order valence-electron chi connectivity index (χ4n) is 2.59. The summed E-state index contributed by atoms with van der Waals surface area (Å²) in [5, 5.41) is 0. The Morgan fingerprint density at radius 1 is 1.14 bits per heavy atom. The van der Waals surface area contributed by atoms with Crippen molar-refractivity contribution in [2.45, 2.75) is 85.2 Å². The predicted molar refractivity (Wildman–Crippen MR) is 91.3 cm³/mol. The van der Waals surface area contributed by atoms with Gasteiger partial charge in [0.05, 0.1) is 0 Å². The average Bonchev–Trinajstić information content (AvgIpc) is 2.47. The molecule has 0 amide bonds. The lowest BCUT2D eigenvalue weighted by Gasteiger charge is -2.26. The van der Waals surface area contributed by atoms with Crippen LogP contribution in [0.15, 0.2) is 24.3 Å². The van der Waals surface area contributed by atoms with Crippen LogP contribution in [0.1, 0.15) is 79.1 Å². The Labute approximate surface area is 131 Å². The van der Waals surface area contributed by atoms with Gasteiger partial charge in [-0.15, -0.1) is 0 Å². The molecule has 0 N–H and O–H groups in total. The molecule has 122 valence electrons. The Morgan fingerprint density at radius 2 is 1.86 bits per heavy atom. The van der Waals surface area contributed by atoms with E-state index in [0.29, 0.717) is 11.5 Å². The number of allylic oxidation sites excluding steroid dienone is 2. The number of hydrogen-bond donors (Lipinski definition) is 0. The second kappa shape index (κ2) is 12.7. The second-order valence-electron chi connectivity index (χ2n) is 5.85. The molecule has 0 radical (unpaired) electrons. The minimum atomic E-state index is -0.242. The largest absolute Gasteiger partial charge is 0.459 e. The topological polar surface area (TPSA) is 26.3 Å². The Morgan fingerprint density at radius 3 is 2.38 bits per heavy atom. The van der Waals surface area contributed by atoms with Gasteiger partial charge in [-0.2, -0.15) is 0 Å². The number of carbonyl (C=O) groups excluding carboxylic acids is 1. The third kappa shape index (κ3) is 9.49. The molecule has 2 atom stereocenters. The number of unbranched alkanes of at least 4 members (excludes halogenated alkanes) is 2. The van der Waals surface area contributed by atoms with Gasteiger partial charge in [-0.3, -0.25) is 0 Å². The molecular weight excluding hydrogens is 260 g/mol. The number of hydrogen-bond acceptors (Lipinski definition) is 2. The first-order valence-corrected chi connectivity index (χ1v) is 8.58. The lowest BCUT2D eigenvalue weighted by Crippen LogP contribution is -2.27. The van der Waals surface area contributed by atoms with E-state index in [2.05, 4.69) is 39.5 Å². The Hall–Kier alpha value is -1.05. The van der Waals surface area contributed by atoms with Crippen molar-refractivity contribution < 1.29 is 9.53 Å². The second-order valence-corrected chi connectivity index (χ2v) is 5.85. The van der Waals surface area contributed by atoms with Gasteiger partial charge in [-0.05, 0) is 51.4 Å². The first-order valence-electron chi connectivity index (χ1n) is 8.58. The van der Waals surface area contributed by atoms with Crippen molar-refractivity contribution in [3.05, 3.63) is 24.3 Å². The monoisotopic (exact) mass is 294 g/mol. The number of ether oxygens (including phenoxy) is 1. The van der Waals surface area contributed by atoms with Gasteiger partial charge in [-0.25, -0.2) is 4.79 Å². The summed E-state index contributed by atoms with van der Waals surface area (Å²) in [6.07, 6.45) is 13.6. The van der Waals surface area contributed by atoms with Gasteiger partial charge >= 0.3 is 5.97 Å². The van der Waals surface area contributed by atoms with Gasteiger partial charge in [0, 0.05) is 5.57 Å². The van der Waals surface area contributed by atoms with E-state index in [4.69, 9.17) is 4.74 Å². The van der Waals surface area contributed by atoms with Crippen LogP contribution in [0.4, 0.5) is 0 Å². The molecule has 0 aliphatic rings. The van der Waals surface area contributed by atoms with Crippen LogP contribution in [0.3, 0.4) is 0 Å². The molecule has 0 heterocycles. The van der Waals surface area contributed by atoms with Crippen LogP contribution in [0.5, 0.6) is 0 Å². The maximum Gasteiger partial charge on any atom is 0.333 e. The van der Waals surface area contributed by atoms with Gasteiger partial charge in [0.1, 0.15) is 6.10 Å². The number of rotatable bonds is 12. The summed E-state index contributed by atoms with van der Waals surface area (Å²) in [4.78, 5) is 11.7. The zero-order valence-corrected chi connectivity index (χ0v) is 14.5. The highest BCUT2D eigenvalue weighted by atomic mass is 16.5. The van der Waals surface area contributed by atoms with Crippen molar-refractivity contribution in [2.24, 2.45) is 5.92 Å². The molecule has 0 fully saturated rings. The van der Waals surface area contributed by atoms with Crippen molar-refractivity contribution >= 4 is 5.97 Å². The third-order valence-electron chi connectivity index (χ3n) is 3.79. The summed E-state index contributed by atoms with van der Waals surface area (Å²) in [7, 11) is 0. The fraction of sp³-hybridized carbons (Fsp3) is 0.737. The zero-order chi connectivity index (χ0) is 16.1. The lowest BCUT2D eigenvalue weighted by atomic mass is 9.89. The molecule has 0 aromatic carbocycles. The summed E-state index contributed by atoms with van der Waals surface area (Å²) >= 11 is 0. The minimum Gasteiger partial charge on any atom is -0.459 e. The summed E-state index contributed by atoms with van der Waals surface area (Å²) in [5.41, 5.74) is 0.494. The highest BCUT2D eigenvalue weighted by molar-refractivity contribution is 5.87. The van der Waals surface area contributed by atoms with Crippen LogP contribution in [0.2, 0.25) is 0 Å². The summed E-state index contributed by atoms with van der Waals surface area (Å²) in [6.45, 7) is 11.8. The molecule has 21 heavy (non-hydrogen) atoms.